The van der Waals surface area contributed by atoms with Crippen LogP contribution in [0.25, 0.3) is 27.2 Å². The monoisotopic (exact) mass is 1060 g/mol. The van der Waals surface area contributed by atoms with Crippen molar-refractivity contribution in [3.63, 3.8) is 0 Å². The molecule has 4 fully saturated rings. The number of amides is 2. The lowest BCUT2D eigenvalue weighted by molar-refractivity contribution is -0.144. The third-order valence-corrected chi connectivity index (χ3v) is 18.4. The van der Waals surface area contributed by atoms with Gasteiger partial charge in [-0.3, -0.25) is 19.0 Å². The van der Waals surface area contributed by atoms with Crippen molar-refractivity contribution in [2.45, 2.75) is 153 Å². The molecule has 11 rings (SSSR count). The molecule has 5 aliphatic rings. The maximum atomic E-state index is 14.6. The molecule has 15 nitrogen and oxygen atoms in total. The van der Waals surface area contributed by atoms with Gasteiger partial charge in [-0.25, -0.2) is 19.6 Å². The van der Waals surface area contributed by atoms with Crippen LogP contribution in [-0.4, -0.2) is 105 Å². The second-order valence-electron chi connectivity index (χ2n) is 22.5. The Bertz CT molecular complexity index is 3050. The minimum atomic E-state index is -0.807. The summed E-state index contributed by atoms with van der Waals surface area (Å²) in [6, 6.07) is 12.2. The van der Waals surface area contributed by atoms with Gasteiger partial charge in [-0.2, -0.15) is 4.98 Å². The highest BCUT2D eigenvalue weighted by atomic mass is 79.9. The van der Waals surface area contributed by atoms with E-state index in [0.717, 1.165) is 144 Å². The number of aryl methyl sites for hydroxylation is 1. The van der Waals surface area contributed by atoms with Gasteiger partial charge in [0.15, 0.2) is 0 Å². The number of likely N-dealkylation sites (tertiary alicyclic amines) is 2. The number of aliphatic hydroxyl groups excluding tert-OH is 1. The van der Waals surface area contributed by atoms with E-state index in [1.165, 1.54) is 6.42 Å². The SMILES string of the molecule is Cc1ncsc1-c1ccc([C@H](C)NC(=O)[C@@H]2C[C@@H](O)CN2C(=O)[C@@H](n2cc(C3CCC(CN4CCC(c5ncc6c(n5)-n5c(nc(=O)c7c(Br)cccc75)C65CCCCC5)CC4)CC3)nn2)C(C)(C)C)cc1. The van der Waals surface area contributed by atoms with Gasteiger partial charge >= 0.3 is 0 Å². The highest BCUT2D eigenvalue weighted by Crippen LogP contribution is 2.51. The molecule has 4 aromatic heterocycles. The van der Waals surface area contributed by atoms with Gasteiger partial charge < -0.3 is 20.2 Å². The van der Waals surface area contributed by atoms with Crippen molar-refractivity contribution in [2.24, 2.45) is 11.3 Å². The number of halogens is 1. The van der Waals surface area contributed by atoms with E-state index in [2.05, 4.69) is 52.2 Å². The first-order valence-corrected chi connectivity index (χ1v) is 27.9. The Hall–Kier alpha value is -5.23. The number of aromatic nitrogens is 8. The molecule has 2 saturated carbocycles. The number of piperidine rings is 1. The first-order valence-electron chi connectivity index (χ1n) is 26.2. The Morgan fingerprint density at radius 2 is 1.71 bits per heavy atom. The molecule has 6 aromatic rings. The summed E-state index contributed by atoms with van der Waals surface area (Å²) >= 11 is 5.24. The van der Waals surface area contributed by atoms with Crippen molar-refractivity contribution < 1.29 is 14.7 Å². The number of carbonyl (C=O) groups is 2. The molecule has 4 atom stereocenters. The molecule has 2 aromatic carbocycles. The Kier molecular flexibility index (Phi) is 13.3. The summed E-state index contributed by atoms with van der Waals surface area (Å²) < 4.78 is 4.64. The fraction of sp³-hybridized carbons (Fsp3) is 0.545. The lowest BCUT2D eigenvalue weighted by atomic mass is 9.70. The van der Waals surface area contributed by atoms with Crippen LogP contribution < -0.4 is 10.9 Å². The maximum absolute atomic E-state index is 14.6. The Morgan fingerprint density at radius 1 is 0.958 bits per heavy atom. The van der Waals surface area contributed by atoms with Gasteiger partial charge in [-0.1, -0.05) is 75.6 Å². The zero-order chi connectivity index (χ0) is 50.1. The molecule has 0 radical (unpaired) electrons. The van der Waals surface area contributed by atoms with Gasteiger partial charge in [0.05, 0.1) is 50.2 Å². The second kappa shape index (κ2) is 19.6. The summed E-state index contributed by atoms with van der Waals surface area (Å²) in [4.78, 5) is 67.0. The number of fused-ring (bicyclic) bond motifs is 7. The highest BCUT2D eigenvalue weighted by molar-refractivity contribution is 9.10. The smallest absolute Gasteiger partial charge is 0.281 e. The second-order valence-corrected chi connectivity index (χ2v) is 24.2. The number of rotatable bonds is 10. The van der Waals surface area contributed by atoms with E-state index in [1.54, 1.807) is 20.9 Å². The van der Waals surface area contributed by atoms with Crippen molar-refractivity contribution in [1.29, 1.82) is 0 Å². The number of aliphatic hydroxyl groups is 1. The van der Waals surface area contributed by atoms with Crippen LogP contribution in [0, 0.1) is 18.3 Å². The molecule has 0 bridgehead atoms. The Morgan fingerprint density at radius 3 is 2.42 bits per heavy atom. The van der Waals surface area contributed by atoms with Crippen LogP contribution in [-0.2, 0) is 15.0 Å². The molecular weight excluding hydrogens is 991 g/mol. The van der Waals surface area contributed by atoms with Crippen LogP contribution in [0.1, 0.15) is 163 Å². The average Bonchev–Trinajstić information content (AvgIpc) is 4.18. The van der Waals surface area contributed by atoms with Crippen LogP contribution >= 0.6 is 27.3 Å². The van der Waals surface area contributed by atoms with Crippen molar-refractivity contribution in [3.05, 3.63) is 109 Å². The topological polar surface area (TPSA) is 177 Å². The molecule has 378 valence electrons. The van der Waals surface area contributed by atoms with Gasteiger partial charge in [0.1, 0.15) is 29.6 Å². The van der Waals surface area contributed by atoms with Crippen molar-refractivity contribution in [3.8, 4) is 16.3 Å². The molecule has 0 unspecified atom stereocenters. The first kappa shape index (κ1) is 49.0. The van der Waals surface area contributed by atoms with E-state index in [4.69, 9.17) is 15.0 Å². The number of thiazole rings is 1. The molecule has 17 heteroatoms. The predicted octanol–water partition coefficient (Wildman–Crippen LogP) is 9.11. The number of hydrogen-bond donors (Lipinski definition) is 2. The quantitative estimate of drug-likeness (QED) is 0.134. The number of nitrogens with zero attached hydrogens (tertiary/aromatic N) is 10. The summed E-state index contributed by atoms with van der Waals surface area (Å²) in [7, 11) is 0. The minimum absolute atomic E-state index is 0.0829. The predicted molar refractivity (Wildman–Crippen MR) is 281 cm³/mol. The van der Waals surface area contributed by atoms with Crippen LogP contribution in [0.5, 0.6) is 0 Å². The lowest BCUT2D eigenvalue weighted by Crippen LogP contribution is -2.50. The van der Waals surface area contributed by atoms with Crippen molar-refractivity contribution in [1.82, 2.24) is 54.6 Å². The van der Waals surface area contributed by atoms with E-state index < -0.39 is 23.6 Å². The first-order chi connectivity index (χ1) is 34.7. The van der Waals surface area contributed by atoms with Crippen LogP contribution in [0.15, 0.2) is 69.6 Å². The third kappa shape index (κ3) is 9.03. The Balaban J connectivity index is 0.704. The minimum Gasteiger partial charge on any atom is -0.391 e. The van der Waals surface area contributed by atoms with E-state index >= 15 is 0 Å². The summed E-state index contributed by atoms with van der Waals surface area (Å²) in [5, 5.41) is 23.9. The van der Waals surface area contributed by atoms with Crippen LogP contribution in [0.2, 0.25) is 0 Å². The number of nitrogens with one attached hydrogen (secondary N) is 1. The number of carbonyl (C=O) groups excluding carboxylic acids is 2. The molecule has 72 heavy (non-hydrogen) atoms. The third-order valence-electron chi connectivity index (χ3n) is 16.7. The van der Waals surface area contributed by atoms with Crippen LogP contribution in [0.4, 0.5) is 0 Å². The summed E-state index contributed by atoms with van der Waals surface area (Å²) in [6.07, 6.45) is 14.9. The van der Waals surface area contributed by atoms with E-state index in [9.17, 15) is 19.5 Å². The van der Waals surface area contributed by atoms with Crippen molar-refractivity contribution in [2.75, 3.05) is 26.2 Å². The van der Waals surface area contributed by atoms with E-state index in [1.807, 2.05) is 88.8 Å². The largest absolute Gasteiger partial charge is 0.391 e. The lowest BCUT2D eigenvalue weighted by Gasteiger charge is -2.36. The summed E-state index contributed by atoms with van der Waals surface area (Å²) in [6.45, 7) is 13.1. The molecule has 3 aliphatic heterocycles. The zero-order valence-corrected chi connectivity index (χ0v) is 44.5. The molecule has 2 aliphatic carbocycles. The van der Waals surface area contributed by atoms with Gasteiger partial charge in [0.25, 0.3) is 5.56 Å². The molecule has 1 spiro atoms. The summed E-state index contributed by atoms with van der Waals surface area (Å²) in [5.41, 5.74) is 6.69. The van der Waals surface area contributed by atoms with Gasteiger partial charge in [-0.05, 0) is 129 Å². The molecule has 2 N–H and O–H groups in total. The van der Waals surface area contributed by atoms with E-state index in [-0.39, 0.29) is 53.6 Å². The molecule has 2 saturated heterocycles. The van der Waals surface area contributed by atoms with Gasteiger partial charge in [0.2, 0.25) is 11.8 Å². The standard InChI is InChI=1S/C55H66BrN11O4S/c1-32(35-16-18-37(19-17-35)46-33(2)58-31-72-46)59-50(69)44-26-39(68)29-65(44)52(71)47(54(3,4)5)66-30-42(62-63-66)36-14-12-34(13-15-36)28-64-24-20-38(21-25-64)48-57-27-40-49(60-48)67-43-11-9-10-41(56)45(43)51(70)61-53(67)55(40)22-7-6-8-23-55/h9-11,16-19,27,30-32,34,36,38-39,44,47,68H,6-8,12-15,20-26,28-29H2,1-5H3,(H,59,69)/t32-,34?,36?,39+,44-,47+/m0/s1. The van der Waals surface area contributed by atoms with Crippen LogP contribution in [0.3, 0.4) is 0 Å². The molecule has 2 amide bonds. The van der Waals surface area contributed by atoms with Crippen molar-refractivity contribution >= 4 is 50.0 Å². The molecular formula is C55H66BrN11O4S. The fourth-order valence-corrected chi connectivity index (χ4v) is 14.2. The van der Waals surface area contributed by atoms with Gasteiger partial charge in [0, 0.05) is 53.8 Å². The highest BCUT2D eigenvalue weighted by Gasteiger charge is 2.49. The number of hydrogen-bond acceptors (Lipinski definition) is 12. The van der Waals surface area contributed by atoms with E-state index in [0.29, 0.717) is 11.3 Å². The number of β-amino-alcohol motifs (C(OH)–C–C–N with tert-alkyl or cyclic N) is 1. The average molecular weight is 1060 g/mol. The zero-order valence-electron chi connectivity index (χ0n) is 42.1. The molecule has 7 heterocycles. The fourth-order valence-electron chi connectivity index (χ4n) is 12.8. The Labute approximate surface area is 433 Å². The normalized spacial score (nSPS) is 23.3. The summed E-state index contributed by atoms with van der Waals surface area (Å²) in [5.74, 6) is 3.23. The maximum Gasteiger partial charge on any atom is 0.281 e. The number of benzene rings is 2. The van der Waals surface area contributed by atoms with Gasteiger partial charge in [-0.15, -0.1) is 16.4 Å².